The van der Waals surface area contributed by atoms with E-state index in [0.29, 0.717) is 0 Å². The Labute approximate surface area is 117 Å². The Kier molecular flexibility index (Phi) is 5.22. The third-order valence-electron chi connectivity index (χ3n) is 4.38. The predicted octanol–water partition coefficient (Wildman–Crippen LogP) is 0.484. The fourth-order valence-corrected chi connectivity index (χ4v) is 4.76. The van der Waals surface area contributed by atoms with Gasteiger partial charge in [-0.25, -0.2) is 12.7 Å². The molecule has 1 N–H and O–H groups in total. The van der Waals surface area contributed by atoms with Gasteiger partial charge in [0.2, 0.25) is 10.0 Å². The number of nitrogens with one attached hydrogen (secondary N) is 1. The minimum atomic E-state index is -3.14. The smallest absolute Gasteiger partial charge is 0.215 e. The highest BCUT2D eigenvalue weighted by Gasteiger charge is 2.31. The lowest BCUT2D eigenvalue weighted by Gasteiger charge is -2.36. The number of likely N-dealkylation sites (tertiary alicyclic amines) is 1. The summed E-state index contributed by atoms with van der Waals surface area (Å²) >= 11 is 0. The second-order valence-electron chi connectivity index (χ2n) is 6.00. The van der Waals surface area contributed by atoms with Crippen LogP contribution in [0.15, 0.2) is 0 Å². The van der Waals surface area contributed by atoms with Crippen molar-refractivity contribution < 1.29 is 8.42 Å². The number of likely N-dealkylation sites (N-methyl/N-ethyl adjacent to an activating group) is 2. The molecule has 0 spiro atoms. The van der Waals surface area contributed by atoms with Crippen LogP contribution in [-0.4, -0.2) is 69.2 Å². The van der Waals surface area contributed by atoms with E-state index in [9.17, 15) is 8.42 Å². The Balaban J connectivity index is 1.93. The van der Waals surface area contributed by atoms with Gasteiger partial charge in [0.15, 0.2) is 0 Å². The highest BCUT2D eigenvalue weighted by Crippen LogP contribution is 2.18. The van der Waals surface area contributed by atoms with Crippen LogP contribution in [0.2, 0.25) is 0 Å². The molecule has 0 aromatic carbocycles. The van der Waals surface area contributed by atoms with E-state index in [4.69, 9.17) is 0 Å². The molecule has 0 bridgehead atoms. The van der Waals surface area contributed by atoms with Crippen molar-refractivity contribution in [3.8, 4) is 0 Å². The maximum Gasteiger partial charge on any atom is 0.215 e. The van der Waals surface area contributed by atoms with E-state index >= 15 is 0 Å². The molecule has 2 aliphatic heterocycles. The third-order valence-corrected chi connectivity index (χ3v) is 6.38. The van der Waals surface area contributed by atoms with Gasteiger partial charge in [-0.05, 0) is 45.8 Å². The summed E-state index contributed by atoms with van der Waals surface area (Å²) in [6.45, 7) is 2.89. The molecule has 2 aliphatic rings. The van der Waals surface area contributed by atoms with Crippen molar-refractivity contribution in [1.82, 2.24) is 14.5 Å². The molecule has 0 aromatic heterocycles. The number of sulfonamides is 1. The molecule has 2 heterocycles. The largest absolute Gasteiger partial charge is 0.313 e. The molecule has 0 aliphatic carbocycles. The molecule has 6 heteroatoms. The van der Waals surface area contributed by atoms with Gasteiger partial charge in [0, 0.05) is 25.7 Å². The molecular formula is C13H27N3O2S. The average Bonchev–Trinajstić information content (AvgIpc) is 2.38. The van der Waals surface area contributed by atoms with Gasteiger partial charge in [-0.15, -0.1) is 0 Å². The predicted molar refractivity (Wildman–Crippen MR) is 77.7 cm³/mol. The summed E-state index contributed by atoms with van der Waals surface area (Å²) in [6, 6.07) is 0.287. The Morgan fingerprint density at radius 2 is 2.05 bits per heavy atom. The molecule has 2 fully saturated rings. The topological polar surface area (TPSA) is 52.7 Å². The summed E-state index contributed by atoms with van der Waals surface area (Å²) in [5.41, 5.74) is 0. The van der Waals surface area contributed by atoms with Crippen LogP contribution >= 0.6 is 0 Å². The quantitative estimate of drug-likeness (QED) is 0.818. The van der Waals surface area contributed by atoms with Crippen LogP contribution in [0, 0.1) is 0 Å². The second kappa shape index (κ2) is 6.52. The summed E-state index contributed by atoms with van der Waals surface area (Å²) in [7, 11) is 0.678. The summed E-state index contributed by atoms with van der Waals surface area (Å²) in [5.74, 6) is 0.254. The molecule has 0 amide bonds. The van der Waals surface area contributed by atoms with Gasteiger partial charge >= 0.3 is 0 Å². The lowest BCUT2D eigenvalue weighted by atomic mass is 10.1. The zero-order valence-corrected chi connectivity index (χ0v) is 13.0. The maximum absolute atomic E-state index is 12.5. The van der Waals surface area contributed by atoms with Crippen LogP contribution in [0.25, 0.3) is 0 Å². The number of hydrogen-bond donors (Lipinski definition) is 1. The molecule has 5 nitrogen and oxygen atoms in total. The summed E-state index contributed by atoms with van der Waals surface area (Å²) in [6.07, 6.45) is 5.36. The first-order valence-electron chi connectivity index (χ1n) is 7.36. The minimum Gasteiger partial charge on any atom is -0.313 e. The molecule has 0 radical (unpaired) electrons. The second-order valence-corrected chi connectivity index (χ2v) is 8.07. The highest BCUT2D eigenvalue weighted by molar-refractivity contribution is 7.89. The van der Waals surface area contributed by atoms with Crippen molar-refractivity contribution >= 4 is 10.0 Å². The van der Waals surface area contributed by atoms with Gasteiger partial charge in [-0.2, -0.15) is 0 Å². The highest BCUT2D eigenvalue weighted by atomic mass is 32.2. The molecule has 2 atom stereocenters. The summed E-state index contributed by atoms with van der Waals surface area (Å²) < 4.78 is 26.6. The fraction of sp³-hybridized carbons (Fsp3) is 1.00. The van der Waals surface area contributed by atoms with E-state index in [1.807, 2.05) is 0 Å². The van der Waals surface area contributed by atoms with E-state index in [1.165, 1.54) is 6.42 Å². The van der Waals surface area contributed by atoms with Gasteiger partial charge in [-0.3, -0.25) is 0 Å². The molecule has 2 saturated heterocycles. The monoisotopic (exact) mass is 289 g/mol. The number of hydrogen-bond acceptors (Lipinski definition) is 4. The normalized spacial score (nSPS) is 30.7. The Morgan fingerprint density at radius 3 is 2.68 bits per heavy atom. The molecule has 0 saturated carbocycles. The zero-order chi connectivity index (χ0) is 13.9. The number of piperidine rings is 2. The van der Waals surface area contributed by atoms with Crippen molar-refractivity contribution in [3.05, 3.63) is 0 Å². The first-order chi connectivity index (χ1) is 8.99. The Bertz CT molecular complexity index is 379. The molecule has 112 valence electrons. The van der Waals surface area contributed by atoms with Crippen molar-refractivity contribution in [1.29, 1.82) is 0 Å². The van der Waals surface area contributed by atoms with Crippen LogP contribution < -0.4 is 5.32 Å². The molecule has 0 aromatic rings. The van der Waals surface area contributed by atoms with E-state index < -0.39 is 10.0 Å². The first kappa shape index (κ1) is 15.2. The Morgan fingerprint density at radius 1 is 1.26 bits per heavy atom. The zero-order valence-electron chi connectivity index (χ0n) is 12.1. The van der Waals surface area contributed by atoms with Gasteiger partial charge in [-0.1, -0.05) is 6.42 Å². The SMILES string of the molecule is CN1CCCC(N(C)S(=O)(=O)CC2CCCCN2)C1. The van der Waals surface area contributed by atoms with Crippen LogP contribution in [0.4, 0.5) is 0 Å². The van der Waals surface area contributed by atoms with Crippen molar-refractivity contribution in [2.45, 2.75) is 44.2 Å². The molecular weight excluding hydrogens is 262 g/mol. The first-order valence-corrected chi connectivity index (χ1v) is 8.97. The van der Waals surface area contributed by atoms with Crippen molar-refractivity contribution in [2.75, 3.05) is 39.5 Å². The summed E-state index contributed by atoms with van der Waals surface area (Å²) in [4.78, 5) is 2.22. The van der Waals surface area contributed by atoms with Crippen LogP contribution in [0.1, 0.15) is 32.1 Å². The minimum absolute atomic E-state index is 0.141. The summed E-state index contributed by atoms with van der Waals surface area (Å²) in [5, 5.41) is 3.33. The van der Waals surface area contributed by atoms with Gasteiger partial charge < -0.3 is 10.2 Å². The molecule has 2 unspecified atom stereocenters. The lowest BCUT2D eigenvalue weighted by Crippen LogP contribution is -2.50. The fourth-order valence-electron chi connectivity index (χ4n) is 3.10. The van der Waals surface area contributed by atoms with Crippen molar-refractivity contribution in [3.63, 3.8) is 0 Å². The van der Waals surface area contributed by atoms with Crippen LogP contribution in [-0.2, 0) is 10.0 Å². The average molecular weight is 289 g/mol. The standard InChI is InChI=1S/C13H27N3O2S/c1-15-9-5-7-13(10-15)16(2)19(17,18)11-12-6-3-4-8-14-12/h12-14H,3-11H2,1-2H3. The van der Waals surface area contributed by atoms with Crippen LogP contribution in [0.5, 0.6) is 0 Å². The van der Waals surface area contributed by atoms with Crippen molar-refractivity contribution in [2.24, 2.45) is 0 Å². The maximum atomic E-state index is 12.5. The van der Waals surface area contributed by atoms with E-state index in [-0.39, 0.29) is 17.8 Å². The van der Waals surface area contributed by atoms with Gasteiger partial charge in [0.1, 0.15) is 0 Å². The molecule has 19 heavy (non-hydrogen) atoms. The Hall–Kier alpha value is -0.170. The van der Waals surface area contributed by atoms with Gasteiger partial charge in [0.05, 0.1) is 5.75 Å². The number of nitrogens with zero attached hydrogens (tertiary/aromatic N) is 2. The third kappa shape index (κ3) is 4.15. The van der Waals surface area contributed by atoms with Crippen LogP contribution in [0.3, 0.4) is 0 Å². The number of rotatable bonds is 4. The van der Waals surface area contributed by atoms with E-state index in [0.717, 1.165) is 45.3 Å². The lowest BCUT2D eigenvalue weighted by molar-refractivity contribution is 0.187. The molecule has 2 rings (SSSR count). The van der Waals surface area contributed by atoms with Gasteiger partial charge in [0.25, 0.3) is 0 Å². The van der Waals surface area contributed by atoms with E-state index in [2.05, 4.69) is 17.3 Å². The van der Waals surface area contributed by atoms with E-state index in [1.54, 1.807) is 11.4 Å².